The van der Waals surface area contributed by atoms with Crippen molar-refractivity contribution in [2.24, 2.45) is 7.05 Å². The highest BCUT2D eigenvalue weighted by molar-refractivity contribution is 5.48. The maximum Gasteiger partial charge on any atom is 0.294 e. The highest BCUT2D eigenvalue weighted by atomic mass is 19.1. The zero-order valence-corrected chi connectivity index (χ0v) is 10.4. The van der Waals surface area contributed by atoms with Crippen molar-refractivity contribution in [1.82, 2.24) is 9.36 Å². The van der Waals surface area contributed by atoms with E-state index in [0.717, 1.165) is 35.4 Å². The number of anilines is 1. The van der Waals surface area contributed by atoms with Crippen molar-refractivity contribution in [3.05, 3.63) is 45.9 Å². The topological polar surface area (TPSA) is 52.9 Å². The Morgan fingerprint density at radius 3 is 2.58 bits per heavy atom. The van der Waals surface area contributed by atoms with Crippen LogP contribution in [0, 0.1) is 11.6 Å². The molecule has 1 heterocycles. The number of rotatable bonds is 2. The zero-order chi connectivity index (χ0) is 13.7. The molecule has 2 N–H and O–H groups in total. The molecule has 0 amide bonds. The minimum atomic E-state index is -0.787. The van der Waals surface area contributed by atoms with E-state index in [1.165, 1.54) is 6.07 Å². The minimum Gasteiger partial charge on any atom is -0.393 e. The largest absolute Gasteiger partial charge is 0.393 e. The van der Waals surface area contributed by atoms with Crippen molar-refractivity contribution in [2.75, 3.05) is 5.73 Å². The number of nitrogens with two attached hydrogens (primary N) is 1. The van der Waals surface area contributed by atoms with E-state index in [0.29, 0.717) is 0 Å². The first kappa shape index (κ1) is 12.0. The average molecular weight is 265 g/mol. The Labute approximate surface area is 108 Å². The van der Waals surface area contributed by atoms with Crippen LogP contribution in [0.4, 0.5) is 14.5 Å². The van der Waals surface area contributed by atoms with Crippen molar-refractivity contribution in [2.45, 2.75) is 18.8 Å². The molecular weight excluding hydrogens is 252 g/mol. The standard InChI is InChI=1S/C13H13F2N3O/c1-17-12(7-2-3-7)11(16)13(19)18(17)10-5-4-8(14)6-9(10)15/h4-7H,2-3,16H2,1H3. The maximum absolute atomic E-state index is 13.8. The Morgan fingerprint density at radius 2 is 2.00 bits per heavy atom. The molecule has 100 valence electrons. The van der Waals surface area contributed by atoms with Crippen LogP contribution in [-0.4, -0.2) is 9.36 Å². The molecule has 0 spiro atoms. The summed E-state index contributed by atoms with van der Waals surface area (Å²) in [6.07, 6.45) is 1.96. The summed E-state index contributed by atoms with van der Waals surface area (Å²) in [5, 5.41) is 0. The van der Waals surface area contributed by atoms with Crippen molar-refractivity contribution in [3.63, 3.8) is 0 Å². The third-order valence-electron chi connectivity index (χ3n) is 3.45. The van der Waals surface area contributed by atoms with Crippen LogP contribution >= 0.6 is 0 Å². The fraction of sp³-hybridized carbons (Fsp3) is 0.308. The molecule has 1 fully saturated rings. The van der Waals surface area contributed by atoms with Crippen LogP contribution < -0.4 is 11.3 Å². The lowest BCUT2D eigenvalue weighted by Gasteiger charge is -2.10. The van der Waals surface area contributed by atoms with Crippen molar-refractivity contribution >= 4 is 5.69 Å². The first-order chi connectivity index (χ1) is 9.00. The molecule has 6 heteroatoms. The second-order valence-corrected chi connectivity index (χ2v) is 4.81. The Hall–Kier alpha value is -2.11. The van der Waals surface area contributed by atoms with E-state index >= 15 is 0 Å². The summed E-state index contributed by atoms with van der Waals surface area (Å²) in [5.41, 5.74) is 6.23. The fourth-order valence-electron chi connectivity index (χ4n) is 2.41. The summed E-state index contributed by atoms with van der Waals surface area (Å²) in [5.74, 6) is -1.20. The van der Waals surface area contributed by atoms with Crippen molar-refractivity contribution in [1.29, 1.82) is 0 Å². The summed E-state index contributed by atoms with van der Waals surface area (Å²) in [6.45, 7) is 0. The van der Waals surface area contributed by atoms with Gasteiger partial charge in [0.15, 0.2) is 5.82 Å². The number of aromatic nitrogens is 2. The van der Waals surface area contributed by atoms with Gasteiger partial charge in [-0.15, -0.1) is 0 Å². The van der Waals surface area contributed by atoms with E-state index < -0.39 is 17.2 Å². The SMILES string of the molecule is Cn1c(C2CC2)c(N)c(=O)n1-c1ccc(F)cc1F. The number of benzene rings is 1. The molecule has 1 aromatic carbocycles. The lowest BCUT2D eigenvalue weighted by atomic mass is 10.2. The fourth-order valence-corrected chi connectivity index (χ4v) is 2.41. The van der Waals surface area contributed by atoms with E-state index in [1.807, 2.05) is 0 Å². The molecule has 0 saturated heterocycles. The molecule has 0 bridgehead atoms. The van der Waals surface area contributed by atoms with Crippen LogP contribution in [0.2, 0.25) is 0 Å². The van der Waals surface area contributed by atoms with Gasteiger partial charge in [0, 0.05) is 19.0 Å². The predicted molar refractivity (Wildman–Crippen MR) is 67.3 cm³/mol. The van der Waals surface area contributed by atoms with E-state index in [1.54, 1.807) is 11.7 Å². The first-order valence-corrected chi connectivity index (χ1v) is 6.03. The number of nitrogen functional groups attached to an aromatic ring is 1. The molecule has 2 aromatic rings. The predicted octanol–water partition coefficient (Wildman–Crippen LogP) is 1.91. The van der Waals surface area contributed by atoms with E-state index in [2.05, 4.69) is 0 Å². The Morgan fingerprint density at radius 1 is 1.32 bits per heavy atom. The van der Waals surface area contributed by atoms with Crippen molar-refractivity contribution < 1.29 is 8.78 Å². The first-order valence-electron chi connectivity index (χ1n) is 6.03. The molecule has 1 aliphatic carbocycles. The molecule has 19 heavy (non-hydrogen) atoms. The van der Waals surface area contributed by atoms with Gasteiger partial charge < -0.3 is 5.73 Å². The van der Waals surface area contributed by atoms with Crippen LogP contribution in [0.25, 0.3) is 5.69 Å². The lowest BCUT2D eigenvalue weighted by molar-refractivity contribution is 0.547. The molecule has 0 radical (unpaired) electrons. The maximum atomic E-state index is 13.8. The molecule has 1 aliphatic rings. The summed E-state index contributed by atoms with van der Waals surface area (Å²) in [7, 11) is 1.66. The molecule has 1 saturated carbocycles. The summed E-state index contributed by atoms with van der Waals surface area (Å²) in [4.78, 5) is 12.1. The van der Waals surface area contributed by atoms with Gasteiger partial charge in [0.1, 0.15) is 17.2 Å². The number of halogens is 2. The minimum absolute atomic E-state index is 0.00694. The van der Waals surface area contributed by atoms with Crippen LogP contribution in [0.15, 0.2) is 23.0 Å². The smallest absolute Gasteiger partial charge is 0.294 e. The molecule has 3 rings (SSSR count). The van der Waals surface area contributed by atoms with Gasteiger partial charge in [0.25, 0.3) is 5.56 Å². The third kappa shape index (κ3) is 1.75. The molecule has 0 unspecified atom stereocenters. The molecule has 0 atom stereocenters. The van der Waals surface area contributed by atoms with Gasteiger partial charge in [-0.05, 0) is 25.0 Å². The summed E-state index contributed by atoms with van der Waals surface area (Å²) >= 11 is 0. The summed E-state index contributed by atoms with van der Waals surface area (Å²) < 4.78 is 29.4. The van der Waals surface area contributed by atoms with Gasteiger partial charge in [0.05, 0.1) is 5.69 Å². The molecule has 4 nitrogen and oxygen atoms in total. The second kappa shape index (κ2) is 3.94. The number of nitrogens with zero attached hydrogens (tertiary/aromatic N) is 2. The number of hydrogen-bond donors (Lipinski definition) is 1. The van der Waals surface area contributed by atoms with Crippen molar-refractivity contribution in [3.8, 4) is 5.69 Å². The van der Waals surface area contributed by atoms with E-state index in [9.17, 15) is 13.6 Å². The van der Waals surface area contributed by atoms with Gasteiger partial charge in [-0.1, -0.05) is 0 Å². The van der Waals surface area contributed by atoms with Gasteiger partial charge in [-0.2, -0.15) is 0 Å². The van der Waals surface area contributed by atoms with E-state index in [4.69, 9.17) is 5.73 Å². The average Bonchev–Trinajstić information content (AvgIpc) is 3.13. The molecular formula is C13H13F2N3O. The Kier molecular flexibility index (Phi) is 2.48. The van der Waals surface area contributed by atoms with Crippen LogP contribution in [0.5, 0.6) is 0 Å². The highest BCUT2D eigenvalue weighted by Crippen LogP contribution is 2.42. The third-order valence-corrected chi connectivity index (χ3v) is 3.45. The van der Waals surface area contributed by atoms with Gasteiger partial charge in [-0.25, -0.2) is 13.5 Å². The molecule has 1 aromatic heterocycles. The van der Waals surface area contributed by atoms with Gasteiger partial charge >= 0.3 is 0 Å². The number of hydrogen-bond acceptors (Lipinski definition) is 2. The van der Waals surface area contributed by atoms with Crippen LogP contribution in [0.1, 0.15) is 24.5 Å². The summed E-state index contributed by atoms with van der Waals surface area (Å²) in [6, 6.07) is 3.11. The normalized spacial score (nSPS) is 14.9. The Balaban J connectivity index is 2.25. The van der Waals surface area contributed by atoms with Gasteiger partial charge in [0.2, 0.25) is 0 Å². The van der Waals surface area contributed by atoms with Crippen LogP contribution in [0.3, 0.4) is 0 Å². The second-order valence-electron chi connectivity index (χ2n) is 4.81. The van der Waals surface area contributed by atoms with Gasteiger partial charge in [-0.3, -0.25) is 9.48 Å². The molecule has 0 aliphatic heterocycles. The lowest BCUT2D eigenvalue weighted by Crippen LogP contribution is -2.21. The quantitative estimate of drug-likeness (QED) is 0.901. The van der Waals surface area contributed by atoms with Crippen LogP contribution in [-0.2, 0) is 7.05 Å². The van der Waals surface area contributed by atoms with E-state index in [-0.39, 0.29) is 17.3 Å². The Bertz CT molecular complexity index is 713. The highest BCUT2D eigenvalue weighted by Gasteiger charge is 2.32. The zero-order valence-electron chi connectivity index (χ0n) is 10.4. The monoisotopic (exact) mass is 265 g/mol.